The van der Waals surface area contributed by atoms with Crippen molar-refractivity contribution in [1.29, 1.82) is 0 Å². The van der Waals surface area contributed by atoms with Gasteiger partial charge in [0.05, 0.1) is 11.4 Å². The fourth-order valence-corrected chi connectivity index (χ4v) is 6.63. The first-order valence-corrected chi connectivity index (χ1v) is 14.3. The number of hydrogen-bond acceptors (Lipinski definition) is 3. The summed E-state index contributed by atoms with van der Waals surface area (Å²) in [5.74, 6) is 0.853. The van der Waals surface area contributed by atoms with Gasteiger partial charge in [-0.3, -0.25) is 4.90 Å². The minimum absolute atomic E-state index is 0.214. The van der Waals surface area contributed by atoms with Crippen molar-refractivity contribution in [3.05, 3.63) is 53.9 Å². The number of fused-ring (bicyclic) bond motifs is 1. The molecule has 1 unspecified atom stereocenters. The summed E-state index contributed by atoms with van der Waals surface area (Å²) in [6.45, 7) is 10.9. The van der Waals surface area contributed by atoms with Crippen molar-refractivity contribution in [3.8, 4) is 0 Å². The Labute approximate surface area is 221 Å². The zero-order valence-corrected chi connectivity index (χ0v) is 23.0. The monoisotopic (exact) mass is 501 g/mol. The molecule has 0 spiro atoms. The number of primary amides is 1. The molecule has 2 aliphatic rings. The van der Waals surface area contributed by atoms with Gasteiger partial charge < -0.3 is 15.2 Å². The zero-order chi connectivity index (χ0) is 26.1. The molecule has 37 heavy (non-hydrogen) atoms. The molecule has 1 aliphatic carbocycles. The molecule has 2 fully saturated rings. The van der Waals surface area contributed by atoms with Crippen molar-refractivity contribution in [2.45, 2.75) is 90.6 Å². The van der Waals surface area contributed by atoms with Crippen LogP contribution >= 0.6 is 0 Å². The number of carbonyl (C=O) groups excluding carboxylic acids is 1. The first-order chi connectivity index (χ1) is 17.9. The van der Waals surface area contributed by atoms with Gasteiger partial charge in [-0.25, -0.2) is 9.78 Å². The number of aromatic nitrogens is 2. The van der Waals surface area contributed by atoms with Gasteiger partial charge in [0.2, 0.25) is 0 Å². The molecule has 1 aliphatic heterocycles. The van der Waals surface area contributed by atoms with Crippen LogP contribution in [-0.2, 0) is 0 Å². The van der Waals surface area contributed by atoms with Crippen LogP contribution in [0, 0.1) is 5.92 Å². The first kappa shape index (κ1) is 25.6. The van der Waals surface area contributed by atoms with Crippen LogP contribution in [0.15, 0.2) is 42.7 Å². The molecule has 2 amide bonds. The molecule has 0 radical (unpaired) electrons. The maximum atomic E-state index is 13.6. The summed E-state index contributed by atoms with van der Waals surface area (Å²) >= 11 is 0. The van der Waals surface area contributed by atoms with Gasteiger partial charge in [0.1, 0.15) is 11.8 Å². The molecule has 2 aromatic heterocycles. The molecule has 1 saturated heterocycles. The second-order valence-corrected chi connectivity index (χ2v) is 11.6. The lowest BCUT2D eigenvalue weighted by atomic mass is 9.90. The number of nitrogens with two attached hydrogens (primary N) is 1. The Kier molecular flexibility index (Phi) is 7.45. The highest BCUT2D eigenvalue weighted by Crippen LogP contribution is 2.45. The highest BCUT2D eigenvalue weighted by molar-refractivity contribution is 5.95. The maximum absolute atomic E-state index is 13.6. The predicted molar refractivity (Wildman–Crippen MR) is 153 cm³/mol. The lowest BCUT2D eigenvalue weighted by Gasteiger charge is -2.39. The minimum Gasteiger partial charge on any atom is -0.370 e. The van der Waals surface area contributed by atoms with Crippen molar-refractivity contribution in [1.82, 2.24) is 9.55 Å². The van der Waals surface area contributed by atoms with Crippen molar-refractivity contribution in [2.24, 2.45) is 11.7 Å². The van der Waals surface area contributed by atoms with Gasteiger partial charge in [-0.2, -0.15) is 0 Å². The SMILES string of the molecule is CC(C)c1cccc(C(C)C)c1N(C(N)=O)C(C1CCCC1)n1cc(N2CCCCC2)c2cccnc21. The number of pyridine rings is 1. The molecule has 198 valence electrons. The minimum atomic E-state index is -0.385. The Morgan fingerprint density at radius 3 is 2.19 bits per heavy atom. The summed E-state index contributed by atoms with van der Waals surface area (Å²) < 4.78 is 2.29. The van der Waals surface area contributed by atoms with E-state index < -0.39 is 0 Å². The van der Waals surface area contributed by atoms with Gasteiger partial charge >= 0.3 is 6.03 Å². The van der Waals surface area contributed by atoms with Crippen LogP contribution in [0.5, 0.6) is 0 Å². The topological polar surface area (TPSA) is 67.4 Å². The number of rotatable bonds is 7. The number of carbonyl (C=O) groups is 1. The summed E-state index contributed by atoms with van der Waals surface area (Å²) in [5.41, 5.74) is 11.9. The van der Waals surface area contributed by atoms with Gasteiger partial charge in [0.25, 0.3) is 0 Å². The van der Waals surface area contributed by atoms with E-state index in [0.29, 0.717) is 5.92 Å². The molecule has 6 heteroatoms. The normalized spacial score (nSPS) is 17.7. The summed E-state index contributed by atoms with van der Waals surface area (Å²) in [6.07, 6.45) is 12.2. The van der Waals surface area contributed by atoms with E-state index in [4.69, 9.17) is 10.7 Å². The molecular weight excluding hydrogens is 458 g/mol. The third-order valence-electron chi connectivity index (χ3n) is 8.46. The third-order valence-corrected chi connectivity index (χ3v) is 8.46. The Hall–Kier alpha value is -3.02. The average Bonchev–Trinajstić information content (AvgIpc) is 3.56. The van der Waals surface area contributed by atoms with Crippen LogP contribution in [0.1, 0.15) is 102 Å². The van der Waals surface area contributed by atoms with Crippen molar-refractivity contribution in [2.75, 3.05) is 22.9 Å². The van der Waals surface area contributed by atoms with Crippen LogP contribution < -0.4 is 15.5 Å². The number of amides is 2. The van der Waals surface area contributed by atoms with E-state index in [1.165, 1.54) is 48.9 Å². The molecule has 2 N–H and O–H groups in total. The zero-order valence-electron chi connectivity index (χ0n) is 23.0. The van der Waals surface area contributed by atoms with Gasteiger partial charge in [0, 0.05) is 30.9 Å². The molecule has 0 bridgehead atoms. The second-order valence-electron chi connectivity index (χ2n) is 11.6. The molecular formula is C31H43N5O. The van der Waals surface area contributed by atoms with E-state index >= 15 is 0 Å². The molecule has 1 aromatic carbocycles. The standard InChI is InChI=1S/C31H43N5O/c1-21(2)24-14-10-15-25(22(3)4)28(24)36(31(32)37)30(23-12-6-7-13-23)35-20-27(34-18-8-5-9-19-34)26-16-11-17-33-29(26)35/h10-11,14-17,20-23,30H,5-9,12-13,18-19H2,1-4H3,(H2,32,37). The molecule has 5 rings (SSSR count). The third kappa shape index (κ3) is 4.83. The fourth-order valence-electron chi connectivity index (χ4n) is 6.63. The summed E-state index contributed by atoms with van der Waals surface area (Å²) in [7, 11) is 0. The summed E-state index contributed by atoms with van der Waals surface area (Å²) in [4.78, 5) is 22.9. The van der Waals surface area contributed by atoms with Crippen LogP contribution in [0.25, 0.3) is 11.0 Å². The Balaban J connectivity index is 1.75. The largest absolute Gasteiger partial charge is 0.370 e. The Morgan fingerprint density at radius 1 is 0.946 bits per heavy atom. The summed E-state index contributed by atoms with van der Waals surface area (Å²) in [6, 6.07) is 10.3. The highest BCUT2D eigenvalue weighted by atomic mass is 16.2. The first-order valence-electron chi connectivity index (χ1n) is 14.3. The van der Waals surface area contributed by atoms with Crippen LogP contribution in [0.4, 0.5) is 16.2 Å². The van der Waals surface area contributed by atoms with E-state index in [-0.39, 0.29) is 24.0 Å². The maximum Gasteiger partial charge on any atom is 0.321 e. The van der Waals surface area contributed by atoms with Crippen LogP contribution in [0.3, 0.4) is 0 Å². The van der Waals surface area contributed by atoms with E-state index in [1.54, 1.807) is 0 Å². The van der Waals surface area contributed by atoms with Gasteiger partial charge in [-0.1, -0.05) is 58.7 Å². The Bertz CT molecular complexity index is 1210. The van der Waals surface area contributed by atoms with Crippen LogP contribution in [-0.4, -0.2) is 28.7 Å². The van der Waals surface area contributed by atoms with E-state index in [9.17, 15) is 4.79 Å². The van der Waals surface area contributed by atoms with Crippen molar-refractivity contribution in [3.63, 3.8) is 0 Å². The molecule has 3 aromatic rings. The number of nitrogens with zero attached hydrogens (tertiary/aromatic N) is 4. The predicted octanol–water partition coefficient (Wildman–Crippen LogP) is 7.55. The van der Waals surface area contributed by atoms with E-state index in [2.05, 4.69) is 67.6 Å². The van der Waals surface area contributed by atoms with E-state index in [1.807, 2.05) is 17.2 Å². The van der Waals surface area contributed by atoms with Crippen molar-refractivity contribution >= 4 is 28.4 Å². The Morgan fingerprint density at radius 2 is 1.59 bits per heavy atom. The number of para-hydroxylation sites is 1. The van der Waals surface area contributed by atoms with Gasteiger partial charge in [0.15, 0.2) is 0 Å². The number of piperidine rings is 1. The summed E-state index contributed by atoms with van der Waals surface area (Å²) in [5, 5.41) is 1.16. The van der Waals surface area contributed by atoms with E-state index in [0.717, 1.165) is 42.7 Å². The van der Waals surface area contributed by atoms with Gasteiger partial charge in [-0.15, -0.1) is 0 Å². The highest BCUT2D eigenvalue weighted by Gasteiger charge is 2.38. The fraction of sp³-hybridized carbons (Fsp3) is 0.548. The number of hydrogen-bond donors (Lipinski definition) is 1. The number of benzene rings is 1. The van der Waals surface area contributed by atoms with Crippen LogP contribution in [0.2, 0.25) is 0 Å². The smallest absolute Gasteiger partial charge is 0.321 e. The molecule has 1 saturated carbocycles. The van der Waals surface area contributed by atoms with Gasteiger partial charge in [-0.05, 0) is 73.1 Å². The molecule has 3 heterocycles. The number of anilines is 2. The number of urea groups is 1. The molecule has 1 atom stereocenters. The van der Waals surface area contributed by atoms with Crippen molar-refractivity contribution < 1.29 is 4.79 Å². The molecule has 6 nitrogen and oxygen atoms in total. The average molecular weight is 502 g/mol. The second kappa shape index (κ2) is 10.8. The lowest BCUT2D eigenvalue weighted by Crippen LogP contribution is -2.45. The quantitative estimate of drug-likeness (QED) is 0.363. The lowest BCUT2D eigenvalue weighted by molar-refractivity contribution is 0.240.